The maximum atomic E-state index is 12.2. The maximum absolute atomic E-state index is 12.2. The van der Waals surface area contributed by atoms with Crippen LogP contribution in [0.5, 0.6) is 0 Å². The Morgan fingerprint density at radius 2 is 1.89 bits per heavy atom. The monoisotopic (exact) mass is 248 g/mol. The smallest absolute Gasteiger partial charge is 0.328 e. The lowest BCUT2D eigenvalue weighted by Crippen LogP contribution is -2.54. The lowest BCUT2D eigenvalue weighted by Gasteiger charge is -2.36. The lowest BCUT2D eigenvalue weighted by molar-refractivity contribution is 0.168. The van der Waals surface area contributed by atoms with Crippen molar-refractivity contribution in [2.24, 2.45) is 5.73 Å². The number of carbonyl (C=O) groups excluding carboxylic acids is 2. The average molecular weight is 248 g/mol. The molecule has 5 heteroatoms. The third-order valence-corrected chi connectivity index (χ3v) is 2.99. The van der Waals surface area contributed by atoms with E-state index in [1.165, 1.54) is 4.90 Å². The summed E-state index contributed by atoms with van der Waals surface area (Å²) in [7, 11) is 1.61. The first-order valence-electron chi connectivity index (χ1n) is 5.65. The summed E-state index contributed by atoms with van der Waals surface area (Å²) in [6.45, 7) is 3.97. The second-order valence-corrected chi connectivity index (χ2v) is 4.62. The van der Waals surface area contributed by atoms with Crippen LogP contribution in [0.1, 0.15) is 13.8 Å². The highest BCUT2D eigenvalue weighted by Gasteiger charge is 2.30. The lowest BCUT2D eigenvalue weighted by atomic mass is 10.0. The number of benzene rings is 1. The number of likely N-dealkylation sites (N-methyl/N-ethyl adjacent to an activating group) is 1. The number of nitrogens with two attached hydrogens (primary N) is 1. The average Bonchev–Trinajstić information content (AvgIpc) is 2.39. The molecule has 1 aromatic carbocycles. The van der Waals surface area contributed by atoms with Crippen LogP contribution in [0.4, 0.5) is 10.5 Å². The zero-order chi connectivity index (χ0) is 13.8. The minimum atomic E-state index is -0.527. The van der Waals surface area contributed by atoms with E-state index in [0.717, 1.165) is 4.90 Å². The fourth-order valence-corrected chi connectivity index (χ4v) is 1.33. The van der Waals surface area contributed by atoms with Crippen LogP contribution in [0.2, 0.25) is 0 Å². The van der Waals surface area contributed by atoms with E-state index in [2.05, 4.69) is 0 Å². The fraction of sp³-hybridized carbons (Fsp3) is 0.385. The van der Waals surface area contributed by atoms with Crippen molar-refractivity contribution in [2.45, 2.75) is 19.4 Å². The van der Waals surface area contributed by atoms with Gasteiger partial charge in [-0.05, 0) is 26.0 Å². The summed E-state index contributed by atoms with van der Waals surface area (Å²) < 4.78 is 0. The summed E-state index contributed by atoms with van der Waals surface area (Å²) in [6.07, 6.45) is 1.65. The van der Waals surface area contributed by atoms with Gasteiger partial charge in [0.2, 0.25) is 0 Å². The molecule has 0 aliphatic heterocycles. The highest BCUT2D eigenvalue weighted by Crippen LogP contribution is 2.17. The summed E-state index contributed by atoms with van der Waals surface area (Å²) in [6, 6.07) is 8.21. The fourth-order valence-electron chi connectivity index (χ4n) is 1.33. The summed E-state index contributed by atoms with van der Waals surface area (Å²) in [5.41, 5.74) is 5.57. The Morgan fingerprint density at radius 1 is 1.33 bits per heavy atom. The Hall–Kier alpha value is -1.88. The Labute approximate surface area is 107 Å². The van der Waals surface area contributed by atoms with E-state index in [9.17, 15) is 9.59 Å². The second-order valence-electron chi connectivity index (χ2n) is 4.62. The summed E-state index contributed by atoms with van der Waals surface area (Å²) in [5, 5.41) is 0. The van der Waals surface area contributed by atoms with Crippen LogP contribution in [0, 0.1) is 0 Å². The van der Waals surface area contributed by atoms with Crippen molar-refractivity contribution in [2.75, 3.05) is 18.5 Å². The van der Waals surface area contributed by atoms with Crippen LogP contribution in [0.15, 0.2) is 30.3 Å². The van der Waals surface area contributed by atoms with Crippen LogP contribution in [-0.2, 0) is 4.79 Å². The van der Waals surface area contributed by atoms with Gasteiger partial charge in [-0.15, -0.1) is 0 Å². The number of imide groups is 1. The molecule has 1 radical (unpaired) electrons. The molecule has 0 fully saturated rings. The molecule has 0 saturated carbocycles. The Kier molecular flexibility index (Phi) is 4.44. The van der Waals surface area contributed by atoms with Gasteiger partial charge in [0, 0.05) is 13.6 Å². The molecule has 0 aromatic heterocycles. The normalized spacial score (nSPS) is 10.9. The van der Waals surface area contributed by atoms with Crippen LogP contribution in [0.3, 0.4) is 0 Å². The highest BCUT2D eigenvalue weighted by atomic mass is 16.2. The molecule has 0 bridgehead atoms. The molecule has 0 saturated heterocycles. The summed E-state index contributed by atoms with van der Waals surface area (Å²) in [5.74, 6) is 0. The Morgan fingerprint density at radius 3 is 2.33 bits per heavy atom. The molecule has 1 rings (SSSR count). The Balaban J connectivity index is 2.97. The number of rotatable bonds is 4. The highest BCUT2D eigenvalue weighted by molar-refractivity contribution is 6.06. The molecule has 0 heterocycles. The standard InChI is InChI=1S/C13H18N3O2/c1-13(2,9-14)15(3)12(18)16(10-17)11-7-5-4-6-8-11/h4-8H,9,14H2,1-3H3. The van der Waals surface area contributed by atoms with E-state index in [1.54, 1.807) is 37.7 Å². The van der Waals surface area contributed by atoms with E-state index in [-0.39, 0.29) is 0 Å². The van der Waals surface area contributed by atoms with Gasteiger partial charge in [0.25, 0.3) is 0 Å². The van der Waals surface area contributed by atoms with Gasteiger partial charge in [0.05, 0.1) is 11.2 Å². The molecular formula is C13H18N3O2. The first kappa shape index (κ1) is 14.2. The molecule has 0 unspecified atom stereocenters. The number of carbonyl (C=O) groups is 1. The van der Waals surface area contributed by atoms with Crippen LogP contribution >= 0.6 is 0 Å². The molecule has 18 heavy (non-hydrogen) atoms. The van der Waals surface area contributed by atoms with Gasteiger partial charge in [-0.3, -0.25) is 4.79 Å². The van der Waals surface area contributed by atoms with E-state index in [1.807, 2.05) is 19.9 Å². The third-order valence-electron chi connectivity index (χ3n) is 2.99. The van der Waals surface area contributed by atoms with Crippen LogP contribution in [-0.4, -0.2) is 36.5 Å². The van der Waals surface area contributed by atoms with E-state index in [4.69, 9.17) is 5.73 Å². The van der Waals surface area contributed by atoms with Gasteiger partial charge >= 0.3 is 12.4 Å². The molecule has 0 atom stereocenters. The SMILES string of the molecule is CN(C(=O)N([C]=O)c1ccccc1)C(C)(C)CN. The number of urea groups is 1. The predicted octanol–water partition coefficient (Wildman–Crippen LogP) is 1.35. The van der Waals surface area contributed by atoms with E-state index < -0.39 is 11.6 Å². The molecule has 1 aromatic rings. The maximum Gasteiger partial charge on any atom is 0.332 e. The molecule has 3 amide bonds. The van der Waals surface area contributed by atoms with Crippen molar-refractivity contribution >= 4 is 18.1 Å². The van der Waals surface area contributed by atoms with Crippen molar-refractivity contribution < 1.29 is 9.59 Å². The second kappa shape index (κ2) is 5.64. The zero-order valence-electron chi connectivity index (χ0n) is 10.9. The van der Waals surface area contributed by atoms with E-state index in [0.29, 0.717) is 12.2 Å². The van der Waals surface area contributed by atoms with Gasteiger partial charge in [-0.25, -0.2) is 9.69 Å². The first-order valence-corrected chi connectivity index (χ1v) is 5.65. The number of nitrogens with zero attached hydrogens (tertiary/aromatic N) is 2. The predicted molar refractivity (Wildman–Crippen MR) is 70.9 cm³/mol. The van der Waals surface area contributed by atoms with Gasteiger partial charge < -0.3 is 10.6 Å². The van der Waals surface area contributed by atoms with Crippen molar-refractivity contribution in [1.29, 1.82) is 0 Å². The quantitative estimate of drug-likeness (QED) is 0.818. The molecule has 0 aliphatic carbocycles. The van der Waals surface area contributed by atoms with Gasteiger partial charge in [0.1, 0.15) is 0 Å². The molecule has 0 spiro atoms. The number of hydrogen-bond acceptors (Lipinski definition) is 3. The summed E-state index contributed by atoms with van der Waals surface area (Å²) in [4.78, 5) is 25.6. The minimum absolute atomic E-state index is 0.302. The van der Waals surface area contributed by atoms with Crippen molar-refractivity contribution in [1.82, 2.24) is 4.90 Å². The number of amides is 3. The largest absolute Gasteiger partial charge is 0.332 e. The molecule has 97 valence electrons. The number of anilines is 1. The first-order chi connectivity index (χ1) is 8.44. The van der Waals surface area contributed by atoms with E-state index >= 15 is 0 Å². The summed E-state index contributed by atoms with van der Waals surface area (Å²) >= 11 is 0. The zero-order valence-corrected chi connectivity index (χ0v) is 10.9. The van der Waals surface area contributed by atoms with Gasteiger partial charge in [0.15, 0.2) is 0 Å². The molecule has 2 N–H and O–H groups in total. The molecule has 0 aliphatic rings. The Bertz CT molecular complexity index is 418. The minimum Gasteiger partial charge on any atom is -0.328 e. The number of para-hydroxylation sites is 1. The third kappa shape index (κ3) is 2.87. The van der Waals surface area contributed by atoms with Gasteiger partial charge in [-0.2, -0.15) is 0 Å². The van der Waals surface area contributed by atoms with Crippen molar-refractivity contribution in [3.63, 3.8) is 0 Å². The molecule has 5 nitrogen and oxygen atoms in total. The molecular weight excluding hydrogens is 230 g/mol. The van der Waals surface area contributed by atoms with Crippen LogP contribution < -0.4 is 10.6 Å². The van der Waals surface area contributed by atoms with Crippen molar-refractivity contribution in [3.8, 4) is 0 Å². The van der Waals surface area contributed by atoms with Gasteiger partial charge in [-0.1, -0.05) is 18.2 Å². The van der Waals surface area contributed by atoms with Crippen LogP contribution in [0.25, 0.3) is 0 Å². The topological polar surface area (TPSA) is 66.6 Å². The number of hydrogen-bond donors (Lipinski definition) is 1. The van der Waals surface area contributed by atoms with Crippen molar-refractivity contribution in [3.05, 3.63) is 30.3 Å².